The maximum atomic E-state index is 13.0. The summed E-state index contributed by atoms with van der Waals surface area (Å²) >= 11 is 0. The molecule has 0 aliphatic heterocycles. The van der Waals surface area contributed by atoms with Crippen LogP contribution in [0.15, 0.2) is 30.3 Å². The zero-order chi connectivity index (χ0) is 11.7. The molecule has 0 radical (unpaired) electrons. The van der Waals surface area contributed by atoms with Crippen molar-refractivity contribution in [1.82, 2.24) is 9.78 Å². The highest BCUT2D eigenvalue weighted by Crippen LogP contribution is 2.09. The quantitative estimate of drug-likeness (QED) is 0.736. The summed E-state index contributed by atoms with van der Waals surface area (Å²) in [5.74, 6) is -0.738. The molecule has 0 fully saturated rings. The highest BCUT2D eigenvalue weighted by molar-refractivity contribution is 5.95. The number of aryl methyl sites for hydroxylation is 2. The minimum atomic E-state index is -0.424. The first kappa shape index (κ1) is 10.5. The minimum Gasteiger partial charge on any atom is -0.267 e. The standard InChI is InChI=1S/C12H11FN2O/c1-8-6-9(2)15(14-8)12(16)10-4-3-5-11(13)7-10/h3-7H,1-2H3. The van der Waals surface area contributed by atoms with Crippen molar-refractivity contribution >= 4 is 5.91 Å². The molecule has 2 aromatic rings. The van der Waals surface area contributed by atoms with E-state index in [1.54, 1.807) is 19.1 Å². The Bertz CT molecular complexity index is 546. The molecule has 3 nitrogen and oxygen atoms in total. The Labute approximate surface area is 92.5 Å². The number of benzene rings is 1. The van der Waals surface area contributed by atoms with Crippen molar-refractivity contribution in [3.05, 3.63) is 53.1 Å². The molecule has 0 amide bonds. The lowest BCUT2D eigenvalue weighted by molar-refractivity contribution is 0.0942. The van der Waals surface area contributed by atoms with E-state index in [1.165, 1.54) is 22.9 Å². The molecule has 0 aliphatic carbocycles. The van der Waals surface area contributed by atoms with Gasteiger partial charge in [-0.1, -0.05) is 6.07 Å². The lowest BCUT2D eigenvalue weighted by atomic mass is 10.2. The van der Waals surface area contributed by atoms with Gasteiger partial charge in [0.1, 0.15) is 5.82 Å². The van der Waals surface area contributed by atoms with Gasteiger partial charge in [-0.2, -0.15) is 5.10 Å². The number of carbonyl (C=O) groups excluding carboxylic acids is 1. The maximum absolute atomic E-state index is 13.0. The Hall–Kier alpha value is -1.97. The van der Waals surface area contributed by atoms with E-state index in [-0.39, 0.29) is 5.91 Å². The first-order chi connectivity index (χ1) is 7.58. The molecule has 1 heterocycles. The molecular formula is C12H11FN2O. The zero-order valence-corrected chi connectivity index (χ0v) is 9.07. The largest absolute Gasteiger partial charge is 0.278 e. The van der Waals surface area contributed by atoms with Crippen molar-refractivity contribution in [2.45, 2.75) is 13.8 Å². The molecule has 2 rings (SSSR count). The molecule has 0 unspecified atom stereocenters. The van der Waals surface area contributed by atoms with Crippen LogP contribution in [-0.2, 0) is 0 Å². The van der Waals surface area contributed by atoms with Gasteiger partial charge < -0.3 is 0 Å². The van der Waals surface area contributed by atoms with Gasteiger partial charge in [0.15, 0.2) is 0 Å². The molecule has 1 aromatic carbocycles. The molecule has 0 atom stereocenters. The lowest BCUT2D eigenvalue weighted by Gasteiger charge is -2.02. The van der Waals surface area contributed by atoms with Gasteiger partial charge in [-0.3, -0.25) is 4.79 Å². The molecule has 1 aromatic heterocycles. The topological polar surface area (TPSA) is 34.9 Å². The molecule has 0 saturated carbocycles. The fourth-order valence-corrected chi connectivity index (χ4v) is 1.58. The van der Waals surface area contributed by atoms with Crippen molar-refractivity contribution in [2.75, 3.05) is 0 Å². The first-order valence-electron chi connectivity index (χ1n) is 4.91. The Kier molecular flexibility index (Phi) is 2.56. The second-order valence-corrected chi connectivity index (χ2v) is 3.65. The van der Waals surface area contributed by atoms with E-state index in [0.717, 1.165) is 11.4 Å². The third-order valence-electron chi connectivity index (χ3n) is 2.27. The third kappa shape index (κ3) is 1.86. The van der Waals surface area contributed by atoms with Crippen molar-refractivity contribution in [3.8, 4) is 0 Å². The average Bonchev–Trinajstić information content (AvgIpc) is 2.57. The Morgan fingerprint density at radius 1 is 1.31 bits per heavy atom. The second kappa shape index (κ2) is 3.89. The fourth-order valence-electron chi connectivity index (χ4n) is 1.58. The molecule has 0 saturated heterocycles. The van der Waals surface area contributed by atoms with Crippen LogP contribution < -0.4 is 0 Å². The number of nitrogens with zero attached hydrogens (tertiary/aromatic N) is 2. The van der Waals surface area contributed by atoms with Gasteiger partial charge in [0.25, 0.3) is 5.91 Å². The van der Waals surface area contributed by atoms with E-state index in [9.17, 15) is 9.18 Å². The van der Waals surface area contributed by atoms with Crippen molar-refractivity contribution in [3.63, 3.8) is 0 Å². The van der Waals surface area contributed by atoms with E-state index < -0.39 is 5.82 Å². The molecule has 16 heavy (non-hydrogen) atoms. The van der Waals surface area contributed by atoms with E-state index in [0.29, 0.717) is 5.56 Å². The third-order valence-corrected chi connectivity index (χ3v) is 2.27. The predicted molar refractivity (Wildman–Crippen MR) is 57.8 cm³/mol. The summed E-state index contributed by atoms with van der Waals surface area (Å²) in [4.78, 5) is 12.0. The van der Waals surface area contributed by atoms with E-state index in [4.69, 9.17) is 0 Å². The summed E-state index contributed by atoms with van der Waals surface area (Å²) in [6, 6.07) is 7.39. The second-order valence-electron chi connectivity index (χ2n) is 3.65. The number of hydrogen-bond donors (Lipinski definition) is 0. The molecule has 4 heteroatoms. The number of halogens is 1. The van der Waals surface area contributed by atoms with Crippen LogP contribution >= 0.6 is 0 Å². The van der Waals surface area contributed by atoms with Crippen LogP contribution in [0.25, 0.3) is 0 Å². The Morgan fingerprint density at radius 3 is 2.62 bits per heavy atom. The molecule has 82 valence electrons. The van der Waals surface area contributed by atoms with Crippen molar-refractivity contribution < 1.29 is 9.18 Å². The van der Waals surface area contributed by atoms with Gasteiger partial charge >= 0.3 is 0 Å². The van der Waals surface area contributed by atoms with Crippen LogP contribution in [0.4, 0.5) is 4.39 Å². The summed E-state index contributed by atoms with van der Waals surface area (Å²) in [6.07, 6.45) is 0. The lowest BCUT2D eigenvalue weighted by Crippen LogP contribution is -2.15. The van der Waals surface area contributed by atoms with Gasteiger partial charge in [0, 0.05) is 11.3 Å². The number of hydrogen-bond acceptors (Lipinski definition) is 2. The predicted octanol–water partition coefficient (Wildman–Crippen LogP) is 2.33. The smallest absolute Gasteiger partial charge is 0.267 e. The Morgan fingerprint density at radius 2 is 2.06 bits per heavy atom. The summed E-state index contributed by atoms with van der Waals surface area (Å²) in [5, 5.41) is 4.06. The van der Waals surface area contributed by atoms with Crippen LogP contribution in [-0.4, -0.2) is 15.7 Å². The van der Waals surface area contributed by atoms with Crippen LogP contribution in [0, 0.1) is 19.7 Å². The van der Waals surface area contributed by atoms with Gasteiger partial charge in [0.2, 0.25) is 0 Å². The number of aromatic nitrogens is 2. The van der Waals surface area contributed by atoms with E-state index in [2.05, 4.69) is 5.10 Å². The fraction of sp³-hybridized carbons (Fsp3) is 0.167. The summed E-state index contributed by atoms with van der Waals surface area (Å²) < 4.78 is 14.2. The first-order valence-corrected chi connectivity index (χ1v) is 4.91. The monoisotopic (exact) mass is 218 g/mol. The summed E-state index contributed by atoms with van der Waals surface area (Å²) in [6.45, 7) is 3.60. The van der Waals surface area contributed by atoms with Gasteiger partial charge in [-0.25, -0.2) is 9.07 Å². The average molecular weight is 218 g/mol. The van der Waals surface area contributed by atoms with Crippen LogP contribution in [0.3, 0.4) is 0 Å². The molecule has 0 spiro atoms. The zero-order valence-electron chi connectivity index (χ0n) is 9.07. The minimum absolute atomic E-state index is 0.297. The van der Waals surface area contributed by atoms with Crippen LogP contribution in [0.2, 0.25) is 0 Å². The summed E-state index contributed by atoms with van der Waals surface area (Å²) in [5.41, 5.74) is 1.81. The van der Waals surface area contributed by atoms with Gasteiger partial charge in [-0.05, 0) is 38.1 Å². The Balaban J connectivity index is 2.43. The van der Waals surface area contributed by atoms with Gasteiger partial charge in [-0.15, -0.1) is 0 Å². The summed E-state index contributed by atoms with van der Waals surface area (Å²) in [7, 11) is 0. The maximum Gasteiger partial charge on any atom is 0.278 e. The SMILES string of the molecule is Cc1cc(C)n(C(=O)c2cccc(F)c2)n1. The van der Waals surface area contributed by atoms with Crippen LogP contribution in [0.1, 0.15) is 21.7 Å². The number of carbonyl (C=O) groups is 1. The van der Waals surface area contributed by atoms with Crippen molar-refractivity contribution in [2.24, 2.45) is 0 Å². The highest BCUT2D eigenvalue weighted by Gasteiger charge is 2.12. The normalized spacial score (nSPS) is 10.4. The van der Waals surface area contributed by atoms with E-state index in [1.807, 2.05) is 6.92 Å². The van der Waals surface area contributed by atoms with Crippen molar-refractivity contribution in [1.29, 1.82) is 0 Å². The molecule has 0 bridgehead atoms. The molecule has 0 N–H and O–H groups in total. The van der Waals surface area contributed by atoms with Gasteiger partial charge in [0.05, 0.1) is 5.69 Å². The van der Waals surface area contributed by atoms with E-state index >= 15 is 0 Å². The molecular weight excluding hydrogens is 207 g/mol. The number of rotatable bonds is 1. The highest BCUT2D eigenvalue weighted by atomic mass is 19.1. The molecule has 0 aliphatic rings. The van der Waals surface area contributed by atoms with Crippen LogP contribution in [0.5, 0.6) is 0 Å².